The van der Waals surface area contributed by atoms with Crippen molar-refractivity contribution in [2.24, 2.45) is 0 Å². The van der Waals surface area contributed by atoms with Crippen LogP contribution in [0, 0.1) is 6.92 Å². The van der Waals surface area contributed by atoms with Gasteiger partial charge in [0.15, 0.2) is 16.7 Å². The maximum absolute atomic E-state index is 12.9. The SMILES string of the molecule is CCOC(=O)COc1c(Cl)cc(/C=C2/SC(=S)N(c3cccc(C)c3)C2=O)cc1Cl. The molecule has 2 aromatic rings. The van der Waals surface area contributed by atoms with E-state index < -0.39 is 5.97 Å². The molecule has 156 valence electrons. The number of halogens is 2. The molecule has 0 atom stereocenters. The quantitative estimate of drug-likeness (QED) is 0.301. The number of hydrogen-bond acceptors (Lipinski definition) is 6. The van der Waals surface area contributed by atoms with Gasteiger partial charge in [0.05, 0.1) is 27.2 Å². The number of carbonyl (C=O) groups excluding carboxylic acids is 2. The number of hydrogen-bond donors (Lipinski definition) is 0. The Hall–Kier alpha value is -2.06. The molecule has 3 rings (SSSR count). The molecular formula is C21H17Cl2NO4S2. The summed E-state index contributed by atoms with van der Waals surface area (Å²) in [6.45, 7) is 3.60. The summed E-state index contributed by atoms with van der Waals surface area (Å²) in [5, 5.41) is 0.430. The van der Waals surface area contributed by atoms with E-state index in [0.717, 1.165) is 11.3 Å². The Kier molecular flexibility index (Phi) is 7.41. The van der Waals surface area contributed by atoms with Gasteiger partial charge in [0, 0.05) is 0 Å². The number of thiocarbonyl (C=S) groups is 1. The van der Waals surface area contributed by atoms with Gasteiger partial charge in [-0.15, -0.1) is 0 Å². The standard InChI is InChI=1S/C21H17Cl2NO4S2/c1-3-27-18(25)11-28-19-15(22)8-13(9-16(19)23)10-17-20(26)24(21(29)30-17)14-6-4-5-12(2)7-14/h4-10H,3,11H2,1-2H3/b17-10+. The molecule has 1 fully saturated rings. The number of ether oxygens (including phenoxy) is 2. The Bertz CT molecular complexity index is 1030. The van der Waals surface area contributed by atoms with Gasteiger partial charge in [0.1, 0.15) is 0 Å². The Labute approximate surface area is 193 Å². The number of anilines is 1. The molecule has 0 bridgehead atoms. The van der Waals surface area contributed by atoms with Gasteiger partial charge in [-0.3, -0.25) is 9.69 Å². The number of thioether (sulfide) groups is 1. The molecule has 1 saturated heterocycles. The van der Waals surface area contributed by atoms with Gasteiger partial charge >= 0.3 is 5.97 Å². The first-order valence-corrected chi connectivity index (χ1v) is 10.9. The molecule has 1 aliphatic rings. The number of benzene rings is 2. The van der Waals surface area contributed by atoms with Crippen LogP contribution in [0.25, 0.3) is 6.08 Å². The minimum Gasteiger partial charge on any atom is -0.479 e. The largest absolute Gasteiger partial charge is 0.479 e. The first-order chi connectivity index (χ1) is 14.3. The van der Waals surface area contributed by atoms with Crippen LogP contribution in [-0.2, 0) is 14.3 Å². The molecular weight excluding hydrogens is 465 g/mol. The smallest absolute Gasteiger partial charge is 0.344 e. The lowest BCUT2D eigenvalue weighted by molar-refractivity contribution is -0.145. The van der Waals surface area contributed by atoms with E-state index in [1.165, 1.54) is 16.7 Å². The number of esters is 1. The zero-order chi connectivity index (χ0) is 21.8. The molecule has 0 radical (unpaired) electrons. The third-order valence-corrected chi connectivity index (χ3v) is 5.88. The van der Waals surface area contributed by atoms with E-state index in [-0.39, 0.29) is 34.9 Å². The number of amides is 1. The average molecular weight is 482 g/mol. The number of aryl methyl sites for hydroxylation is 1. The Balaban J connectivity index is 1.82. The van der Waals surface area contributed by atoms with Gasteiger partial charge in [-0.05, 0) is 55.3 Å². The molecule has 0 aliphatic carbocycles. The summed E-state index contributed by atoms with van der Waals surface area (Å²) in [6.07, 6.45) is 1.67. The second-order valence-electron chi connectivity index (χ2n) is 6.26. The second-order valence-corrected chi connectivity index (χ2v) is 8.75. The minimum absolute atomic E-state index is 0.177. The fourth-order valence-electron chi connectivity index (χ4n) is 2.74. The molecule has 0 N–H and O–H groups in total. The summed E-state index contributed by atoms with van der Waals surface area (Å²) in [4.78, 5) is 26.3. The summed E-state index contributed by atoms with van der Waals surface area (Å²) in [5.74, 6) is -0.560. The normalized spacial score (nSPS) is 15.1. The molecule has 9 heteroatoms. The van der Waals surface area contributed by atoms with Gasteiger partial charge in [0.2, 0.25) is 0 Å². The van der Waals surface area contributed by atoms with Crippen LogP contribution in [0.15, 0.2) is 41.3 Å². The van der Waals surface area contributed by atoms with Crippen LogP contribution < -0.4 is 9.64 Å². The highest BCUT2D eigenvalue weighted by molar-refractivity contribution is 8.27. The summed E-state index contributed by atoms with van der Waals surface area (Å²) in [5.41, 5.74) is 2.36. The molecule has 30 heavy (non-hydrogen) atoms. The molecule has 2 aromatic carbocycles. The van der Waals surface area contributed by atoms with Crippen LogP contribution in [-0.4, -0.2) is 29.4 Å². The lowest BCUT2D eigenvalue weighted by Crippen LogP contribution is -2.27. The van der Waals surface area contributed by atoms with Crippen molar-refractivity contribution in [3.63, 3.8) is 0 Å². The van der Waals surface area contributed by atoms with E-state index in [9.17, 15) is 9.59 Å². The van der Waals surface area contributed by atoms with E-state index in [1.807, 2.05) is 31.2 Å². The van der Waals surface area contributed by atoms with Crippen molar-refractivity contribution in [1.82, 2.24) is 0 Å². The number of nitrogens with zero attached hydrogens (tertiary/aromatic N) is 1. The summed E-state index contributed by atoms with van der Waals surface area (Å²) >= 11 is 19.1. The predicted molar refractivity (Wildman–Crippen MR) is 125 cm³/mol. The van der Waals surface area contributed by atoms with E-state index in [4.69, 9.17) is 44.9 Å². The third kappa shape index (κ3) is 5.16. The van der Waals surface area contributed by atoms with Crippen molar-refractivity contribution < 1.29 is 19.1 Å². The highest BCUT2D eigenvalue weighted by Gasteiger charge is 2.33. The predicted octanol–water partition coefficient (Wildman–Crippen LogP) is 5.65. The maximum atomic E-state index is 12.9. The van der Waals surface area contributed by atoms with Crippen molar-refractivity contribution in [1.29, 1.82) is 0 Å². The molecule has 0 saturated carbocycles. The van der Waals surface area contributed by atoms with Gasteiger partial charge in [-0.25, -0.2) is 4.79 Å². The Morgan fingerprint density at radius 2 is 1.93 bits per heavy atom. The van der Waals surface area contributed by atoms with E-state index >= 15 is 0 Å². The van der Waals surface area contributed by atoms with Gasteiger partial charge < -0.3 is 9.47 Å². The topological polar surface area (TPSA) is 55.8 Å². The fraction of sp³-hybridized carbons (Fsp3) is 0.190. The second kappa shape index (κ2) is 9.83. The van der Waals surface area contributed by atoms with Crippen LogP contribution in [0.4, 0.5) is 5.69 Å². The Morgan fingerprint density at radius 3 is 2.57 bits per heavy atom. The lowest BCUT2D eigenvalue weighted by atomic mass is 10.2. The fourth-order valence-corrected chi connectivity index (χ4v) is 4.66. The molecule has 1 heterocycles. The van der Waals surface area contributed by atoms with Crippen LogP contribution in [0.1, 0.15) is 18.1 Å². The van der Waals surface area contributed by atoms with Crippen molar-refractivity contribution in [3.8, 4) is 5.75 Å². The first kappa shape index (κ1) is 22.6. The Morgan fingerprint density at radius 1 is 1.23 bits per heavy atom. The van der Waals surface area contributed by atoms with Crippen LogP contribution >= 0.6 is 47.2 Å². The van der Waals surface area contributed by atoms with Crippen LogP contribution in [0.5, 0.6) is 5.75 Å². The zero-order valence-corrected chi connectivity index (χ0v) is 19.3. The summed E-state index contributed by atoms with van der Waals surface area (Å²) < 4.78 is 10.6. The summed E-state index contributed by atoms with van der Waals surface area (Å²) in [7, 11) is 0. The molecule has 0 unspecified atom stereocenters. The minimum atomic E-state index is -0.520. The lowest BCUT2D eigenvalue weighted by Gasteiger charge is -2.14. The maximum Gasteiger partial charge on any atom is 0.344 e. The third-order valence-electron chi connectivity index (χ3n) is 4.01. The van der Waals surface area contributed by atoms with E-state index in [2.05, 4.69) is 0 Å². The van der Waals surface area contributed by atoms with Crippen LogP contribution in [0.3, 0.4) is 0 Å². The van der Waals surface area contributed by atoms with E-state index in [1.54, 1.807) is 25.1 Å². The molecule has 1 aliphatic heterocycles. The summed E-state index contributed by atoms with van der Waals surface area (Å²) in [6, 6.07) is 10.8. The van der Waals surface area contributed by atoms with E-state index in [0.29, 0.717) is 14.8 Å². The number of carbonyl (C=O) groups is 2. The number of rotatable bonds is 6. The van der Waals surface area contributed by atoms with Crippen molar-refractivity contribution in [2.75, 3.05) is 18.1 Å². The van der Waals surface area contributed by atoms with Crippen molar-refractivity contribution in [2.45, 2.75) is 13.8 Å². The van der Waals surface area contributed by atoms with Gasteiger partial charge in [-0.2, -0.15) is 0 Å². The van der Waals surface area contributed by atoms with Crippen molar-refractivity contribution >= 4 is 75.1 Å². The molecule has 1 amide bonds. The average Bonchev–Trinajstić information content (AvgIpc) is 2.94. The molecule has 0 spiro atoms. The first-order valence-electron chi connectivity index (χ1n) is 8.92. The molecule has 0 aromatic heterocycles. The van der Waals surface area contributed by atoms with Gasteiger partial charge in [-0.1, -0.05) is 59.3 Å². The monoisotopic (exact) mass is 481 g/mol. The van der Waals surface area contributed by atoms with Crippen molar-refractivity contribution in [3.05, 3.63) is 62.5 Å². The zero-order valence-electron chi connectivity index (χ0n) is 16.1. The van der Waals surface area contributed by atoms with Gasteiger partial charge in [0.25, 0.3) is 5.91 Å². The molecule has 5 nitrogen and oxygen atoms in total. The highest BCUT2D eigenvalue weighted by Crippen LogP contribution is 2.39. The van der Waals surface area contributed by atoms with Crippen LogP contribution in [0.2, 0.25) is 10.0 Å². The highest BCUT2D eigenvalue weighted by atomic mass is 35.5.